The van der Waals surface area contributed by atoms with Crippen molar-refractivity contribution in [2.45, 2.75) is 0 Å². The molecule has 1 aliphatic heterocycles. The highest BCUT2D eigenvalue weighted by Gasteiger charge is 2.24. The molecule has 0 N–H and O–H groups in total. The van der Waals surface area contributed by atoms with Gasteiger partial charge in [0.2, 0.25) is 0 Å². The second kappa shape index (κ2) is 6.85. The van der Waals surface area contributed by atoms with Crippen LogP contribution in [0, 0.1) is 0 Å². The van der Waals surface area contributed by atoms with E-state index in [2.05, 4.69) is 15.1 Å². The van der Waals surface area contributed by atoms with E-state index in [-0.39, 0.29) is 5.91 Å². The Morgan fingerprint density at radius 2 is 1.64 bits per heavy atom. The monoisotopic (exact) mass is 373 g/mol. The Kier molecular flexibility index (Phi) is 4.42. The molecule has 0 unspecified atom stereocenters. The van der Waals surface area contributed by atoms with Crippen LogP contribution in [0.2, 0.25) is 4.34 Å². The number of hydrogen-bond acceptors (Lipinski definition) is 5. The zero-order chi connectivity index (χ0) is 17.2. The van der Waals surface area contributed by atoms with Gasteiger partial charge in [0.1, 0.15) is 0 Å². The molecule has 0 saturated carbocycles. The van der Waals surface area contributed by atoms with E-state index in [1.807, 2.05) is 46.1 Å². The minimum atomic E-state index is 0.0468. The molecule has 0 bridgehead atoms. The zero-order valence-electron chi connectivity index (χ0n) is 13.4. The first-order chi connectivity index (χ1) is 12.2. The molecule has 0 spiro atoms. The normalized spacial score (nSPS) is 14.8. The average molecular weight is 374 g/mol. The lowest BCUT2D eigenvalue weighted by atomic mass is 10.3. The summed E-state index contributed by atoms with van der Waals surface area (Å²) in [6, 6.07) is 11.4. The molecule has 3 aromatic heterocycles. The standard InChI is InChI=1S/C17H16ClN5OS/c18-14-4-3-13(25-14)17(24)23-11-9-22(10-12-23)16-6-5-15(19-20-16)21-7-1-2-8-21/h1-8H,9-12H2. The summed E-state index contributed by atoms with van der Waals surface area (Å²) in [7, 11) is 0. The first kappa shape index (κ1) is 16.1. The quantitative estimate of drug-likeness (QED) is 0.708. The number of thiophene rings is 1. The van der Waals surface area contributed by atoms with Gasteiger partial charge in [-0.25, -0.2) is 0 Å². The van der Waals surface area contributed by atoms with Crippen molar-refractivity contribution in [3.05, 3.63) is 58.0 Å². The van der Waals surface area contributed by atoms with Gasteiger partial charge in [-0.2, -0.15) is 0 Å². The fourth-order valence-corrected chi connectivity index (χ4v) is 3.85. The molecule has 1 fully saturated rings. The maximum Gasteiger partial charge on any atom is 0.264 e. The van der Waals surface area contributed by atoms with Crippen molar-refractivity contribution < 1.29 is 4.79 Å². The third-order valence-corrected chi connectivity index (χ3v) is 5.40. The molecule has 4 heterocycles. The van der Waals surface area contributed by atoms with Crippen LogP contribution in [-0.4, -0.2) is 51.8 Å². The molecule has 0 atom stereocenters. The van der Waals surface area contributed by atoms with Crippen molar-refractivity contribution in [3.63, 3.8) is 0 Å². The Balaban J connectivity index is 1.39. The Labute approximate surface area is 154 Å². The largest absolute Gasteiger partial charge is 0.352 e. The van der Waals surface area contributed by atoms with Gasteiger partial charge in [0, 0.05) is 38.6 Å². The number of aromatic nitrogens is 3. The number of nitrogens with zero attached hydrogens (tertiary/aromatic N) is 5. The molecule has 25 heavy (non-hydrogen) atoms. The zero-order valence-corrected chi connectivity index (χ0v) is 15.0. The van der Waals surface area contributed by atoms with Crippen LogP contribution in [0.3, 0.4) is 0 Å². The molecule has 128 valence electrons. The maximum absolute atomic E-state index is 12.5. The first-order valence-corrected chi connectivity index (χ1v) is 9.17. The van der Waals surface area contributed by atoms with Crippen LogP contribution in [0.4, 0.5) is 5.82 Å². The summed E-state index contributed by atoms with van der Waals surface area (Å²) >= 11 is 7.24. The fourth-order valence-electron chi connectivity index (χ4n) is 2.84. The molecule has 0 radical (unpaired) electrons. The van der Waals surface area contributed by atoms with E-state index < -0.39 is 0 Å². The number of piperazine rings is 1. The average Bonchev–Trinajstić information content (AvgIpc) is 3.33. The summed E-state index contributed by atoms with van der Waals surface area (Å²) in [5.74, 6) is 1.67. The summed E-state index contributed by atoms with van der Waals surface area (Å²) in [4.78, 5) is 17.2. The van der Waals surface area contributed by atoms with Gasteiger partial charge < -0.3 is 14.4 Å². The van der Waals surface area contributed by atoms with E-state index in [1.54, 1.807) is 12.1 Å². The van der Waals surface area contributed by atoms with Crippen LogP contribution in [0.25, 0.3) is 5.82 Å². The third kappa shape index (κ3) is 3.38. The van der Waals surface area contributed by atoms with Crippen molar-refractivity contribution in [1.82, 2.24) is 19.7 Å². The Bertz CT molecular complexity index is 854. The van der Waals surface area contributed by atoms with Gasteiger partial charge in [0.15, 0.2) is 11.6 Å². The minimum absolute atomic E-state index is 0.0468. The number of anilines is 1. The van der Waals surface area contributed by atoms with Crippen molar-refractivity contribution in [1.29, 1.82) is 0 Å². The summed E-state index contributed by atoms with van der Waals surface area (Å²) in [5.41, 5.74) is 0. The predicted octanol–water partition coefficient (Wildman–Crippen LogP) is 2.94. The Hall–Kier alpha value is -2.38. The molecule has 4 rings (SSSR count). The molecule has 3 aromatic rings. The topological polar surface area (TPSA) is 54.3 Å². The molecular weight excluding hydrogens is 358 g/mol. The van der Waals surface area contributed by atoms with Crippen LogP contribution in [0.15, 0.2) is 48.8 Å². The van der Waals surface area contributed by atoms with Crippen LogP contribution >= 0.6 is 22.9 Å². The summed E-state index contributed by atoms with van der Waals surface area (Å²) in [6.07, 6.45) is 3.87. The number of amides is 1. The van der Waals surface area contributed by atoms with E-state index >= 15 is 0 Å². The van der Waals surface area contributed by atoms with Crippen molar-refractivity contribution in [2.24, 2.45) is 0 Å². The molecule has 8 heteroatoms. The first-order valence-electron chi connectivity index (χ1n) is 7.97. The molecule has 1 saturated heterocycles. The molecular formula is C17H16ClN5OS. The van der Waals surface area contributed by atoms with Gasteiger partial charge in [-0.15, -0.1) is 21.5 Å². The highest BCUT2D eigenvalue weighted by atomic mass is 35.5. The van der Waals surface area contributed by atoms with E-state index in [0.717, 1.165) is 24.7 Å². The van der Waals surface area contributed by atoms with Gasteiger partial charge in [-0.1, -0.05) is 11.6 Å². The van der Waals surface area contributed by atoms with Crippen molar-refractivity contribution in [3.8, 4) is 5.82 Å². The lowest BCUT2D eigenvalue weighted by molar-refractivity contribution is 0.0751. The summed E-state index contributed by atoms with van der Waals surface area (Å²) in [6.45, 7) is 2.80. The van der Waals surface area contributed by atoms with Gasteiger partial charge in [-0.3, -0.25) is 4.79 Å². The van der Waals surface area contributed by atoms with Crippen LogP contribution in [0.1, 0.15) is 9.67 Å². The maximum atomic E-state index is 12.5. The second-order valence-electron chi connectivity index (χ2n) is 5.72. The molecule has 1 aliphatic rings. The predicted molar refractivity (Wildman–Crippen MR) is 98.8 cm³/mol. The van der Waals surface area contributed by atoms with Crippen LogP contribution in [0.5, 0.6) is 0 Å². The van der Waals surface area contributed by atoms with E-state index in [9.17, 15) is 4.79 Å². The van der Waals surface area contributed by atoms with Gasteiger partial charge >= 0.3 is 0 Å². The summed E-state index contributed by atoms with van der Waals surface area (Å²) < 4.78 is 2.56. The summed E-state index contributed by atoms with van der Waals surface area (Å²) in [5, 5.41) is 8.60. The number of hydrogen-bond donors (Lipinski definition) is 0. The van der Waals surface area contributed by atoms with Gasteiger partial charge in [-0.05, 0) is 36.4 Å². The Morgan fingerprint density at radius 3 is 2.24 bits per heavy atom. The van der Waals surface area contributed by atoms with E-state index in [1.165, 1.54) is 11.3 Å². The van der Waals surface area contributed by atoms with E-state index in [0.29, 0.717) is 22.3 Å². The minimum Gasteiger partial charge on any atom is -0.352 e. The Morgan fingerprint density at radius 1 is 0.960 bits per heavy atom. The molecule has 6 nitrogen and oxygen atoms in total. The molecule has 0 aliphatic carbocycles. The smallest absolute Gasteiger partial charge is 0.264 e. The van der Waals surface area contributed by atoms with E-state index in [4.69, 9.17) is 11.6 Å². The van der Waals surface area contributed by atoms with Crippen molar-refractivity contribution >= 4 is 34.7 Å². The number of halogens is 1. The van der Waals surface area contributed by atoms with Crippen LogP contribution < -0.4 is 4.90 Å². The highest BCUT2D eigenvalue weighted by molar-refractivity contribution is 7.17. The molecule has 0 aromatic carbocycles. The highest BCUT2D eigenvalue weighted by Crippen LogP contribution is 2.23. The lowest BCUT2D eigenvalue weighted by Crippen LogP contribution is -2.49. The third-order valence-electron chi connectivity index (χ3n) is 4.18. The molecule has 1 amide bonds. The SMILES string of the molecule is O=C(c1ccc(Cl)s1)N1CCN(c2ccc(-n3cccc3)nn2)CC1. The number of carbonyl (C=O) groups is 1. The lowest BCUT2D eigenvalue weighted by Gasteiger charge is -2.35. The number of rotatable bonds is 3. The van der Waals surface area contributed by atoms with Crippen molar-refractivity contribution in [2.75, 3.05) is 31.1 Å². The van der Waals surface area contributed by atoms with Gasteiger partial charge in [0.25, 0.3) is 5.91 Å². The van der Waals surface area contributed by atoms with Gasteiger partial charge in [0.05, 0.1) is 9.21 Å². The second-order valence-corrected chi connectivity index (χ2v) is 7.44. The fraction of sp³-hybridized carbons (Fsp3) is 0.235. The number of carbonyl (C=O) groups excluding carboxylic acids is 1. The van der Waals surface area contributed by atoms with Crippen LogP contribution in [-0.2, 0) is 0 Å².